The Balaban J connectivity index is -0.000000267. The first-order valence-electron chi connectivity index (χ1n) is 37.6. The molecule has 0 heteroatoms. The van der Waals surface area contributed by atoms with Crippen LogP contribution in [0.2, 0.25) is 0 Å². The van der Waals surface area contributed by atoms with Gasteiger partial charge in [-0.3, -0.25) is 0 Å². The van der Waals surface area contributed by atoms with Crippen molar-refractivity contribution in [2.75, 3.05) is 0 Å². The van der Waals surface area contributed by atoms with Crippen molar-refractivity contribution in [3.8, 4) is 0 Å². The zero-order valence-electron chi connectivity index (χ0n) is 65.3. The molecule has 0 amide bonds. The first-order chi connectivity index (χ1) is 37.6. The van der Waals surface area contributed by atoms with E-state index in [1.807, 2.05) is 13.8 Å². The highest BCUT2D eigenvalue weighted by atomic mass is 14.5. The molecule has 0 heterocycles. The van der Waals surface area contributed by atoms with E-state index in [0.29, 0.717) is 27.1 Å². The minimum atomic E-state index is 0.500. The fourth-order valence-corrected chi connectivity index (χ4v) is 12.5. The summed E-state index contributed by atoms with van der Waals surface area (Å²) in [5.41, 5.74) is 3.52. The molecular weight excluding hydrogens is 985 g/mol. The van der Waals surface area contributed by atoms with Crippen LogP contribution >= 0.6 is 0 Å². The zero-order valence-corrected chi connectivity index (χ0v) is 65.3. The molecule has 0 aromatic rings. The molecule has 82 heavy (non-hydrogen) atoms. The minimum Gasteiger partial charge on any atom is -0.0683 e. The third-order valence-corrected chi connectivity index (χ3v) is 20.2. The van der Waals surface area contributed by atoms with E-state index >= 15 is 0 Å². The van der Waals surface area contributed by atoms with Gasteiger partial charge in [-0.1, -0.05) is 351 Å². The monoisotopic (exact) mass is 1160 g/mol. The number of hydrogen-bond donors (Lipinski definition) is 0. The van der Waals surface area contributed by atoms with Crippen molar-refractivity contribution in [1.82, 2.24) is 0 Å². The van der Waals surface area contributed by atoms with Crippen molar-refractivity contribution >= 4 is 0 Å². The van der Waals surface area contributed by atoms with E-state index in [1.165, 1.54) is 109 Å². The van der Waals surface area contributed by atoms with Crippen LogP contribution in [0.5, 0.6) is 0 Å². The molecule has 0 aromatic heterocycles. The topological polar surface area (TPSA) is 0 Å². The van der Waals surface area contributed by atoms with Crippen LogP contribution in [-0.2, 0) is 0 Å². The van der Waals surface area contributed by atoms with Crippen molar-refractivity contribution < 1.29 is 0 Å². The molecule has 10 fully saturated rings. The summed E-state index contributed by atoms with van der Waals surface area (Å²) in [6.07, 6.45) is 41.2. The van der Waals surface area contributed by atoms with Gasteiger partial charge in [-0.25, -0.2) is 0 Å². The van der Waals surface area contributed by atoms with E-state index in [-0.39, 0.29) is 0 Å². The minimum absolute atomic E-state index is 0.500. The number of rotatable bonds is 5. The van der Waals surface area contributed by atoms with Gasteiger partial charge in [0.1, 0.15) is 0 Å². The quantitative estimate of drug-likeness (QED) is 0.257. The molecule has 0 N–H and O–H groups in total. The SMILES string of the molecule is CC.CC(C)(C)C.CC(C)C.CC12CC3CC(CC(C3)C1)C2.CC1C2CC3CC(C2)CC1C3.CC1CCCC1.CC1CCCCC1.CCC.CCC(C)(C)C.CCC(C)(C)C.CCC(C)(CC)CC.CCC(C)C.CCC(C)C(C)(C)C. The van der Waals surface area contributed by atoms with E-state index < -0.39 is 0 Å². The zero-order chi connectivity index (χ0) is 65.3. The fourth-order valence-electron chi connectivity index (χ4n) is 12.5. The van der Waals surface area contributed by atoms with Gasteiger partial charge >= 0.3 is 0 Å². The molecule has 10 saturated carbocycles. The van der Waals surface area contributed by atoms with Gasteiger partial charge in [0.2, 0.25) is 0 Å². The van der Waals surface area contributed by atoms with Crippen molar-refractivity contribution in [1.29, 1.82) is 0 Å². The molecular formula is C82H174. The summed E-state index contributed by atoms with van der Waals surface area (Å²) in [5, 5.41) is 0. The third kappa shape index (κ3) is 55.3. The highest BCUT2D eigenvalue weighted by Crippen LogP contribution is 2.60. The Hall–Kier alpha value is 0. The molecule has 502 valence electrons. The van der Waals surface area contributed by atoms with E-state index in [2.05, 4.69) is 228 Å². The van der Waals surface area contributed by atoms with E-state index in [4.69, 9.17) is 0 Å². The highest BCUT2D eigenvalue weighted by molar-refractivity contribution is 4.99. The van der Waals surface area contributed by atoms with Gasteiger partial charge in [-0.05, 0) is 180 Å². The van der Waals surface area contributed by atoms with E-state index in [1.54, 1.807) is 70.6 Å². The lowest BCUT2D eigenvalue weighted by molar-refractivity contribution is -0.0411. The van der Waals surface area contributed by atoms with Crippen LogP contribution in [0.4, 0.5) is 0 Å². The predicted molar refractivity (Wildman–Crippen MR) is 388 cm³/mol. The van der Waals surface area contributed by atoms with Gasteiger partial charge in [0, 0.05) is 0 Å². The fraction of sp³-hybridized carbons (Fsp3) is 1.00. The summed E-state index contributed by atoms with van der Waals surface area (Å²) in [7, 11) is 0. The van der Waals surface area contributed by atoms with Crippen LogP contribution in [0.1, 0.15) is 422 Å². The average molecular weight is 1160 g/mol. The van der Waals surface area contributed by atoms with Gasteiger partial charge in [-0.15, -0.1) is 0 Å². The maximum absolute atomic E-state index is 2.54. The summed E-state index contributed by atoms with van der Waals surface area (Å²) in [6, 6.07) is 0. The molecule has 0 aliphatic heterocycles. The summed E-state index contributed by atoms with van der Waals surface area (Å²) in [4.78, 5) is 0. The molecule has 10 rings (SSSR count). The lowest BCUT2D eigenvalue weighted by atomic mass is 9.50. The Kier molecular flexibility index (Phi) is 54.1. The molecule has 8 bridgehead atoms. The standard InChI is InChI=1S/2C11H18.2C8H18.C7H14.C6H12.2C6H14.2C5H12.C4H10.C3H8.C2H6/c1-11-5-8-2-9(6-11)4-10(3-8)7-11;1-7-10-3-8-2-9(5-10)6-11(7)4-8;1-6-7(2)8(3,4)5;1-5-8(4,6-2)7-3;1-7-5-3-2-4-6-7;1-6-4-2-3-5-6;2*1-5-6(2,3)4;1-5(2,3)4;1-4-5(2)3;1-4(2)3;1-3-2;1-2/h8-10H,2-7H2,1H3;7-11H,2-6H2,1H3;7H,6H2,1-5H3;5-7H2,1-4H3;7H,2-6H2,1H3;6H,2-5H2,1H3;2*5H2,1-4H3;1-4H3;5H,4H2,1-3H3;4H,1-3H3;3H2,1-2H3;1-2H3. The molecule has 0 spiro atoms. The van der Waals surface area contributed by atoms with Gasteiger partial charge < -0.3 is 0 Å². The van der Waals surface area contributed by atoms with Gasteiger partial charge in [-0.2, -0.15) is 0 Å². The Morgan fingerprint density at radius 2 is 0.622 bits per heavy atom. The summed E-state index contributed by atoms with van der Waals surface area (Å²) in [6.45, 7) is 78.4. The Morgan fingerprint density at radius 1 is 0.390 bits per heavy atom. The Bertz CT molecular complexity index is 1220. The molecule has 0 nitrogen and oxygen atoms in total. The average Bonchev–Trinajstić information content (AvgIpc) is 3.86. The smallest absolute Gasteiger partial charge is 0.0318 e. The summed E-state index contributed by atoms with van der Waals surface area (Å²) < 4.78 is 0. The number of hydrogen-bond acceptors (Lipinski definition) is 0. The molecule has 1 unspecified atom stereocenters. The second-order valence-corrected chi connectivity index (χ2v) is 35.8. The highest BCUT2D eigenvalue weighted by Gasteiger charge is 2.48. The summed E-state index contributed by atoms with van der Waals surface area (Å²) in [5.74, 6) is 13.8. The van der Waals surface area contributed by atoms with Crippen molar-refractivity contribution in [3.63, 3.8) is 0 Å². The van der Waals surface area contributed by atoms with Crippen LogP contribution in [0.15, 0.2) is 0 Å². The third-order valence-electron chi connectivity index (χ3n) is 20.2. The van der Waals surface area contributed by atoms with Crippen LogP contribution in [0, 0.1) is 109 Å². The van der Waals surface area contributed by atoms with Gasteiger partial charge in [0.05, 0.1) is 0 Å². The van der Waals surface area contributed by atoms with Crippen molar-refractivity contribution in [3.05, 3.63) is 0 Å². The largest absolute Gasteiger partial charge is 0.0683 e. The lowest BCUT2D eigenvalue weighted by Crippen LogP contribution is -2.44. The maximum Gasteiger partial charge on any atom is -0.0318 e. The van der Waals surface area contributed by atoms with Gasteiger partial charge in [0.25, 0.3) is 0 Å². The van der Waals surface area contributed by atoms with Crippen LogP contribution < -0.4 is 0 Å². The van der Waals surface area contributed by atoms with Crippen molar-refractivity contribution in [2.24, 2.45) is 109 Å². The first-order valence-corrected chi connectivity index (χ1v) is 37.6. The van der Waals surface area contributed by atoms with E-state index in [9.17, 15) is 0 Å². The maximum atomic E-state index is 2.54. The second kappa shape index (κ2) is 48.9. The Labute approximate surface area is 528 Å². The van der Waals surface area contributed by atoms with Crippen LogP contribution in [0.25, 0.3) is 0 Å². The van der Waals surface area contributed by atoms with E-state index in [0.717, 1.165) is 82.3 Å². The molecule has 10 aliphatic carbocycles. The first kappa shape index (κ1) is 90.7. The van der Waals surface area contributed by atoms with Gasteiger partial charge in [0.15, 0.2) is 0 Å². The molecule has 1 atom stereocenters. The Morgan fingerprint density at radius 3 is 0.744 bits per heavy atom. The summed E-state index contributed by atoms with van der Waals surface area (Å²) >= 11 is 0. The van der Waals surface area contributed by atoms with Crippen LogP contribution in [-0.4, -0.2) is 0 Å². The normalized spacial score (nSPS) is 26.7. The second-order valence-electron chi connectivity index (χ2n) is 35.8. The lowest BCUT2D eigenvalue weighted by Gasteiger charge is -2.55. The van der Waals surface area contributed by atoms with Crippen LogP contribution in [0.3, 0.4) is 0 Å². The molecule has 0 aromatic carbocycles. The predicted octanol–water partition coefficient (Wildman–Crippen LogP) is 30.5. The molecule has 0 radical (unpaired) electrons. The molecule has 10 aliphatic rings. The molecule has 0 saturated heterocycles. The van der Waals surface area contributed by atoms with Crippen molar-refractivity contribution in [2.45, 2.75) is 422 Å².